The summed E-state index contributed by atoms with van der Waals surface area (Å²) >= 11 is 0. The number of hydrogen-bond acceptors (Lipinski definition) is 3. The lowest BCUT2D eigenvalue weighted by molar-refractivity contribution is -0.0149. The predicted octanol–water partition coefficient (Wildman–Crippen LogP) is 4.01. The molecule has 0 spiro atoms. The first-order valence-electron chi connectivity index (χ1n) is 8.83. The Hall–Kier alpha value is -1.94. The molecular weight excluding hydrogens is 300 g/mol. The number of carbonyl (C=O) groups excluding carboxylic acids is 1. The topological polar surface area (TPSA) is 44.1 Å². The van der Waals surface area contributed by atoms with Crippen molar-refractivity contribution in [2.75, 3.05) is 0 Å². The van der Waals surface area contributed by atoms with E-state index in [9.17, 15) is 4.79 Å². The van der Waals surface area contributed by atoms with Gasteiger partial charge in [-0.3, -0.25) is 9.48 Å². The van der Waals surface area contributed by atoms with Gasteiger partial charge in [-0.15, -0.1) is 0 Å². The average Bonchev–Trinajstić information content (AvgIpc) is 3.06. The van der Waals surface area contributed by atoms with Crippen molar-refractivity contribution >= 4 is 5.78 Å². The van der Waals surface area contributed by atoms with Crippen molar-refractivity contribution in [3.63, 3.8) is 0 Å². The molecule has 1 aromatic carbocycles. The molecule has 0 radical (unpaired) electrons. The van der Waals surface area contributed by atoms with E-state index in [0.717, 1.165) is 24.8 Å². The molecule has 0 saturated heterocycles. The SMILES string of the molecule is CC(OCc1ccccc1)C1CCCCC1C(=O)c1cnn(C)c1. The Morgan fingerprint density at radius 3 is 2.75 bits per heavy atom. The van der Waals surface area contributed by atoms with Gasteiger partial charge in [-0.1, -0.05) is 43.2 Å². The molecule has 4 nitrogen and oxygen atoms in total. The second-order valence-corrected chi connectivity index (χ2v) is 6.82. The number of benzene rings is 1. The molecule has 24 heavy (non-hydrogen) atoms. The van der Waals surface area contributed by atoms with E-state index in [1.807, 2.05) is 31.4 Å². The van der Waals surface area contributed by atoms with Crippen LogP contribution in [0.1, 0.15) is 48.5 Å². The van der Waals surface area contributed by atoms with Gasteiger partial charge in [0.05, 0.1) is 24.5 Å². The van der Waals surface area contributed by atoms with Crippen molar-refractivity contribution < 1.29 is 9.53 Å². The largest absolute Gasteiger partial charge is 0.374 e. The minimum Gasteiger partial charge on any atom is -0.374 e. The van der Waals surface area contributed by atoms with Crippen molar-refractivity contribution in [1.29, 1.82) is 0 Å². The molecular formula is C20H26N2O2. The highest BCUT2D eigenvalue weighted by atomic mass is 16.5. The first-order chi connectivity index (χ1) is 11.6. The summed E-state index contributed by atoms with van der Waals surface area (Å²) in [4.78, 5) is 12.9. The summed E-state index contributed by atoms with van der Waals surface area (Å²) in [7, 11) is 1.85. The van der Waals surface area contributed by atoms with Crippen LogP contribution in [0, 0.1) is 11.8 Å². The van der Waals surface area contributed by atoms with Crippen molar-refractivity contribution in [3.05, 3.63) is 53.9 Å². The fourth-order valence-corrected chi connectivity index (χ4v) is 3.73. The van der Waals surface area contributed by atoms with E-state index in [0.29, 0.717) is 6.61 Å². The molecule has 1 aliphatic carbocycles. The molecule has 1 aliphatic rings. The third kappa shape index (κ3) is 3.93. The zero-order valence-electron chi connectivity index (χ0n) is 14.5. The molecule has 1 heterocycles. The molecule has 1 saturated carbocycles. The zero-order valence-corrected chi connectivity index (χ0v) is 14.5. The standard InChI is InChI=1S/C20H26N2O2/c1-15(24-14-16-8-4-3-5-9-16)18-10-6-7-11-19(18)20(23)17-12-21-22(2)13-17/h3-5,8-9,12-13,15,18-19H,6-7,10-11,14H2,1-2H3. The first-order valence-corrected chi connectivity index (χ1v) is 8.83. The van der Waals surface area contributed by atoms with Crippen molar-refractivity contribution in [2.45, 2.75) is 45.3 Å². The smallest absolute Gasteiger partial charge is 0.169 e. The summed E-state index contributed by atoms with van der Waals surface area (Å²) in [6.45, 7) is 2.72. The number of Topliss-reactive ketones (excluding diaryl/α,β-unsaturated/α-hetero) is 1. The van der Waals surface area contributed by atoms with E-state index in [2.05, 4.69) is 24.2 Å². The lowest BCUT2D eigenvalue weighted by Gasteiger charge is -2.34. The van der Waals surface area contributed by atoms with Gasteiger partial charge >= 0.3 is 0 Å². The third-order valence-electron chi connectivity index (χ3n) is 5.10. The highest BCUT2D eigenvalue weighted by Gasteiger charge is 2.35. The number of aryl methyl sites for hydroxylation is 1. The molecule has 128 valence electrons. The summed E-state index contributed by atoms with van der Waals surface area (Å²) in [6, 6.07) is 10.2. The van der Waals surface area contributed by atoms with Gasteiger partial charge in [-0.05, 0) is 31.2 Å². The molecule has 1 aromatic heterocycles. The first kappa shape index (κ1) is 16.9. The van der Waals surface area contributed by atoms with Crippen LogP contribution in [0.4, 0.5) is 0 Å². The molecule has 2 aromatic rings. The van der Waals surface area contributed by atoms with Crippen molar-refractivity contribution in [2.24, 2.45) is 18.9 Å². The van der Waals surface area contributed by atoms with Crippen LogP contribution >= 0.6 is 0 Å². The van der Waals surface area contributed by atoms with E-state index in [-0.39, 0.29) is 23.7 Å². The Kier molecular flexibility index (Phi) is 5.46. The quantitative estimate of drug-likeness (QED) is 0.753. The average molecular weight is 326 g/mol. The summed E-state index contributed by atoms with van der Waals surface area (Å²) < 4.78 is 7.81. The van der Waals surface area contributed by atoms with E-state index >= 15 is 0 Å². The number of carbonyl (C=O) groups is 1. The number of ether oxygens (including phenoxy) is 1. The van der Waals surface area contributed by atoms with Gasteiger partial charge in [0.1, 0.15) is 0 Å². The number of hydrogen-bond donors (Lipinski definition) is 0. The van der Waals surface area contributed by atoms with E-state index in [4.69, 9.17) is 4.74 Å². The Labute approximate surface area is 143 Å². The van der Waals surface area contributed by atoms with E-state index in [1.54, 1.807) is 10.9 Å². The highest BCUT2D eigenvalue weighted by molar-refractivity contribution is 5.97. The van der Waals surface area contributed by atoms with Gasteiger partial charge in [0.25, 0.3) is 0 Å². The summed E-state index contributed by atoms with van der Waals surface area (Å²) in [6.07, 6.45) is 7.91. The van der Waals surface area contributed by atoms with Crippen LogP contribution in [0.5, 0.6) is 0 Å². The molecule has 3 rings (SSSR count). The minimum absolute atomic E-state index is 0.0497. The normalized spacial score (nSPS) is 22.2. The molecule has 1 fully saturated rings. The molecule has 0 N–H and O–H groups in total. The minimum atomic E-state index is 0.0497. The molecule has 0 amide bonds. The summed E-state index contributed by atoms with van der Waals surface area (Å²) in [5, 5.41) is 4.14. The predicted molar refractivity (Wildman–Crippen MR) is 93.7 cm³/mol. The van der Waals surface area contributed by atoms with Gasteiger partial charge in [-0.25, -0.2) is 0 Å². The fraction of sp³-hybridized carbons (Fsp3) is 0.500. The van der Waals surface area contributed by atoms with Crippen LogP contribution in [0.2, 0.25) is 0 Å². The van der Waals surface area contributed by atoms with E-state index < -0.39 is 0 Å². The number of aromatic nitrogens is 2. The number of nitrogens with zero attached hydrogens (tertiary/aromatic N) is 2. The van der Waals surface area contributed by atoms with Crippen LogP contribution in [0.25, 0.3) is 0 Å². The monoisotopic (exact) mass is 326 g/mol. The second kappa shape index (κ2) is 7.75. The maximum absolute atomic E-state index is 12.9. The molecule has 3 atom stereocenters. The Balaban J connectivity index is 1.66. The highest BCUT2D eigenvalue weighted by Crippen LogP contribution is 2.36. The molecule has 3 unspecified atom stereocenters. The lowest BCUT2D eigenvalue weighted by Crippen LogP contribution is -2.35. The maximum atomic E-state index is 12.9. The van der Waals surface area contributed by atoms with Crippen molar-refractivity contribution in [3.8, 4) is 0 Å². The maximum Gasteiger partial charge on any atom is 0.169 e. The van der Waals surface area contributed by atoms with Gasteiger partial charge in [0.15, 0.2) is 5.78 Å². The van der Waals surface area contributed by atoms with Gasteiger partial charge in [0.2, 0.25) is 0 Å². The third-order valence-corrected chi connectivity index (χ3v) is 5.10. The van der Waals surface area contributed by atoms with Gasteiger partial charge in [-0.2, -0.15) is 5.10 Å². The van der Waals surface area contributed by atoms with E-state index in [1.165, 1.54) is 12.0 Å². The van der Waals surface area contributed by atoms with Crippen LogP contribution in [0.15, 0.2) is 42.7 Å². The van der Waals surface area contributed by atoms with Crippen LogP contribution in [0.3, 0.4) is 0 Å². The Morgan fingerprint density at radius 2 is 2.04 bits per heavy atom. The number of rotatable bonds is 6. The summed E-state index contributed by atoms with van der Waals surface area (Å²) in [5.74, 6) is 0.562. The van der Waals surface area contributed by atoms with Crippen molar-refractivity contribution in [1.82, 2.24) is 9.78 Å². The molecule has 0 bridgehead atoms. The van der Waals surface area contributed by atoms with Gasteiger partial charge < -0.3 is 4.74 Å². The van der Waals surface area contributed by atoms with Gasteiger partial charge in [0, 0.05) is 19.2 Å². The fourth-order valence-electron chi connectivity index (χ4n) is 3.73. The Morgan fingerprint density at radius 1 is 1.29 bits per heavy atom. The molecule has 4 heteroatoms. The molecule has 0 aliphatic heterocycles. The van der Waals surface area contributed by atoms with Crippen LogP contribution in [-0.2, 0) is 18.4 Å². The Bertz CT molecular complexity index is 665. The van der Waals surface area contributed by atoms with Crippen LogP contribution < -0.4 is 0 Å². The number of ketones is 1. The second-order valence-electron chi connectivity index (χ2n) is 6.82. The van der Waals surface area contributed by atoms with Crippen LogP contribution in [-0.4, -0.2) is 21.7 Å². The summed E-state index contributed by atoms with van der Waals surface area (Å²) in [5.41, 5.74) is 1.90. The zero-order chi connectivity index (χ0) is 16.9. The lowest BCUT2D eigenvalue weighted by atomic mass is 9.73.